The lowest BCUT2D eigenvalue weighted by Crippen LogP contribution is -2.06. The molecule has 16 heavy (non-hydrogen) atoms. The minimum atomic E-state index is 0.267. The molecule has 0 aliphatic carbocycles. The van der Waals surface area contributed by atoms with E-state index in [1.54, 1.807) is 0 Å². The summed E-state index contributed by atoms with van der Waals surface area (Å²) >= 11 is 0. The molecule has 1 nitrogen and oxygen atoms in total. The lowest BCUT2D eigenvalue weighted by atomic mass is 9.90. The van der Waals surface area contributed by atoms with Crippen LogP contribution in [0.3, 0.4) is 0 Å². The largest absolute Gasteiger partial charge is 0.396 e. The minimum Gasteiger partial charge on any atom is -0.396 e. The number of hydrogen-bond acceptors (Lipinski definition) is 1. The topological polar surface area (TPSA) is 20.2 Å². The highest BCUT2D eigenvalue weighted by molar-refractivity contribution is 5.29. The van der Waals surface area contributed by atoms with Crippen LogP contribution in [0.15, 0.2) is 24.3 Å². The monoisotopic (exact) mass is 220 g/mol. The van der Waals surface area contributed by atoms with Gasteiger partial charge in [-0.3, -0.25) is 0 Å². The maximum Gasteiger partial charge on any atom is 0.0499 e. The van der Waals surface area contributed by atoms with Crippen molar-refractivity contribution >= 4 is 0 Å². The fraction of sp³-hybridized carbons (Fsp3) is 0.600. The van der Waals surface area contributed by atoms with Crippen molar-refractivity contribution in [1.82, 2.24) is 0 Å². The van der Waals surface area contributed by atoms with Crippen LogP contribution in [0.1, 0.15) is 50.2 Å². The number of rotatable bonds is 6. The Morgan fingerprint density at radius 3 is 2.38 bits per heavy atom. The molecule has 0 aromatic heterocycles. The highest BCUT2D eigenvalue weighted by Gasteiger charge is 2.12. The Balaban J connectivity index is 2.57. The third-order valence-corrected chi connectivity index (χ3v) is 3.18. The standard InChI is InChI=1S/C15H24O/c1-12(2)7-6-9-14(11-16)15-10-5-4-8-13(15)3/h4-5,8,10,12,14,16H,6-7,9,11H2,1-3H3. The van der Waals surface area contributed by atoms with E-state index < -0.39 is 0 Å². The zero-order chi connectivity index (χ0) is 12.0. The molecule has 0 aliphatic rings. The Morgan fingerprint density at radius 1 is 1.12 bits per heavy atom. The average molecular weight is 220 g/mol. The number of aliphatic hydroxyl groups excluding tert-OH is 1. The van der Waals surface area contributed by atoms with E-state index in [0.29, 0.717) is 5.92 Å². The van der Waals surface area contributed by atoms with E-state index in [1.165, 1.54) is 24.0 Å². The van der Waals surface area contributed by atoms with Gasteiger partial charge in [0.2, 0.25) is 0 Å². The predicted molar refractivity (Wildman–Crippen MR) is 69.7 cm³/mol. The van der Waals surface area contributed by atoms with Crippen molar-refractivity contribution in [1.29, 1.82) is 0 Å². The first-order valence-electron chi connectivity index (χ1n) is 6.31. The molecule has 1 unspecified atom stereocenters. The maximum atomic E-state index is 9.47. The van der Waals surface area contributed by atoms with Crippen molar-refractivity contribution in [2.75, 3.05) is 6.61 Å². The molecule has 1 aromatic rings. The zero-order valence-electron chi connectivity index (χ0n) is 10.7. The van der Waals surface area contributed by atoms with Gasteiger partial charge in [0.25, 0.3) is 0 Å². The van der Waals surface area contributed by atoms with Crippen molar-refractivity contribution in [3.05, 3.63) is 35.4 Å². The SMILES string of the molecule is Cc1ccccc1C(CO)CCCC(C)C. The first kappa shape index (κ1) is 13.2. The number of benzene rings is 1. The van der Waals surface area contributed by atoms with Crippen LogP contribution in [0.4, 0.5) is 0 Å². The highest BCUT2D eigenvalue weighted by atomic mass is 16.3. The molecule has 0 bridgehead atoms. The van der Waals surface area contributed by atoms with Crippen LogP contribution in [0.25, 0.3) is 0 Å². The molecule has 0 fully saturated rings. The van der Waals surface area contributed by atoms with Gasteiger partial charge in [-0.05, 0) is 30.4 Å². The van der Waals surface area contributed by atoms with Gasteiger partial charge >= 0.3 is 0 Å². The van der Waals surface area contributed by atoms with Crippen molar-refractivity contribution in [2.24, 2.45) is 5.92 Å². The Morgan fingerprint density at radius 2 is 1.81 bits per heavy atom. The van der Waals surface area contributed by atoms with Gasteiger partial charge in [-0.25, -0.2) is 0 Å². The van der Waals surface area contributed by atoms with Crippen LogP contribution >= 0.6 is 0 Å². The lowest BCUT2D eigenvalue weighted by molar-refractivity contribution is 0.255. The minimum absolute atomic E-state index is 0.267. The summed E-state index contributed by atoms with van der Waals surface area (Å²) in [7, 11) is 0. The highest BCUT2D eigenvalue weighted by Crippen LogP contribution is 2.25. The Bertz CT molecular complexity index is 304. The molecular weight excluding hydrogens is 196 g/mol. The van der Waals surface area contributed by atoms with Crippen molar-refractivity contribution in [3.8, 4) is 0 Å². The van der Waals surface area contributed by atoms with Crippen molar-refractivity contribution in [2.45, 2.75) is 46.0 Å². The molecule has 1 atom stereocenters. The quantitative estimate of drug-likeness (QED) is 0.771. The fourth-order valence-corrected chi connectivity index (χ4v) is 2.16. The molecule has 0 saturated carbocycles. The van der Waals surface area contributed by atoms with Gasteiger partial charge in [0.1, 0.15) is 0 Å². The maximum absolute atomic E-state index is 9.47. The zero-order valence-corrected chi connectivity index (χ0v) is 10.7. The Hall–Kier alpha value is -0.820. The van der Waals surface area contributed by atoms with Crippen LogP contribution in [0, 0.1) is 12.8 Å². The van der Waals surface area contributed by atoms with Crippen molar-refractivity contribution < 1.29 is 5.11 Å². The molecule has 0 heterocycles. The van der Waals surface area contributed by atoms with Gasteiger partial charge in [0.15, 0.2) is 0 Å². The second-order valence-corrected chi connectivity index (χ2v) is 5.06. The van der Waals surface area contributed by atoms with E-state index in [4.69, 9.17) is 0 Å². The van der Waals surface area contributed by atoms with E-state index in [0.717, 1.165) is 12.3 Å². The molecule has 0 saturated heterocycles. The van der Waals surface area contributed by atoms with E-state index in [1.807, 2.05) is 0 Å². The Kier molecular flexibility index (Phi) is 5.54. The first-order valence-corrected chi connectivity index (χ1v) is 6.31. The summed E-state index contributed by atoms with van der Waals surface area (Å²) < 4.78 is 0. The van der Waals surface area contributed by atoms with Crippen LogP contribution in [0.5, 0.6) is 0 Å². The van der Waals surface area contributed by atoms with E-state index >= 15 is 0 Å². The molecule has 0 radical (unpaired) electrons. The fourth-order valence-electron chi connectivity index (χ4n) is 2.16. The lowest BCUT2D eigenvalue weighted by Gasteiger charge is -2.17. The smallest absolute Gasteiger partial charge is 0.0499 e. The second-order valence-electron chi connectivity index (χ2n) is 5.06. The molecule has 90 valence electrons. The molecule has 0 aliphatic heterocycles. The third kappa shape index (κ3) is 3.97. The summed E-state index contributed by atoms with van der Waals surface area (Å²) in [6.07, 6.45) is 3.55. The van der Waals surface area contributed by atoms with Crippen LogP contribution in [-0.2, 0) is 0 Å². The predicted octanol–water partition coefficient (Wildman–Crippen LogP) is 3.90. The summed E-state index contributed by atoms with van der Waals surface area (Å²) in [4.78, 5) is 0. The first-order chi connectivity index (χ1) is 7.65. The van der Waals surface area contributed by atoms with Crippen LogP contribution in [-0.4, -0.2) is 11.7 Å². The van der Waals surface area contributed by atoms with Gasteiger partial charge in [-0.2, -0.15) is 0 Å². The van der Waals surface area contributed by atoms with Crippen LogP contribution < -0.4 is 0 Å². The summed E-state index contributed by atoms with van der Waals surface area (Å²) in [6.45, 7) is 6.90. The molecule has 0 spiro atoms. The molecule has 1 rings (SSSR count). The summed E-state index contributed by atoms with van der Waals surface area (Å²) in [5.41, 5.74) is 2.61. The number of aryl methyl sites for hydroxylation is 1. The average Bonchev–Trinajstić information content (AvgIpc) is 2.25. The normalized spacial score (nSPS) is 13.1. The second kappa shape index (κ2) is 6.70. The molecule has 0 amide bonds. The summed E-state index contributed by atoms with van der Waals surface area (Å²) in [5.74, 6) is 1.08. The summed E-state index contributed by atoms with van der Waals surface area (Å²) in [5, 5.41) is 9.47. The van der Waals surface area contributed by atoms with E-state index in [-0.39, 0.29) is 6.61 Å². The number of aliphatic hydroxyl groups is 1. The molecular formula is C15H24O. The van der Waals surface area contributed by atoms with Gasteiger partial charge in [0, 0.05) is 12.5 Å². The number of hydrogen-bond donors (Lipinski definition) is 1. The molecule has 1 heteroatoms. The molecule has 1 N–H and O–H groups in total. The van der Waals surface area contributed by atoms with Crippen LogP contribution in [0.2, 0.25) is 0 Å². The van der Waals surface area contributed by atoms with Crippen molar-refractivity contribution in [3.63, 3.8) is 0 Å². The Labute approximate surface area is 99.5 Å². The van der Waals surface area contributed by atoms with E-state index in [9.17, 15) is 5.11 Å². The van der Waals surface area contributed by atoms with Gasteiger partial charge in [0.05, 0.1) is 0 Å². The third-order valence-electron chi connectivity index (χ3n) is 3.18. The van der Waals surface area contributed by atoms with E-state index in [2.05, 4.69) is 45.0 Å². The van der Waals surface area contributed by atoms with Gasteiger partial charge in [-0.15, -0.1) is 0 Å². The molecule has 1 aromatic carbocycles. The van der Waals surface area contributed by atoms with Gasteiger partial charge < -0.3 is 5.11 Å². The van der Waals surface area contributed by atoms with Gasteiger partial charge in [-0.1, -0.05) is 51.0 Å². The summed E-state index contributed by atoms with van der Waals surface area (Å²) in [6, 6.07) is 8.39.